The van der Waals surface area contributed by atoms with Gasteiger partial charge in [-0.25, -0.2) is 4.98 Å². The summed E-state index contributed by atoms with van der Waals surface area (Å²) in [5.41, 5.74) is 5.57. The van der Waals surface area contributed by atoms with Crippen LogP contribution in [0.2, 0.25) is 0 Å². The Kier molecular flexibility index (Phi) is 4.85. The zero-order valence-corrected chi connectivity index (χ0v) is 21.4. The van der Waals surface area contributed by atoms with Gasteiger partial charge in [-0.1, -0.05) is 12.1 Å². The first-order valence-corrected chi connectivity index (χ1v) is 12.8. The van der Waals surface area contributed by atoms with Crippen LogP contribution in [0.25, 0.3) is 22.2 Å². The number of likely N-dealkylation sites (N-methyl/N-ethyl adjacent to an activating group) is 2. The number of hydrogen-bond acceptors (Lipinski definition) is 6. The number of anilines is 2. The number of carbonyl (C=O) groups excluding carboxylic acids is 1. The molecule has 0 bridgehead atoms. The molecular weight excluding hydrogens is 464 g/mol. The van der Waals surface area contributed by atoms with E-state index in [1.165, 1.54) is 0 Å². The Balaban J connectivity index is 1.17. The normalized spacial score (nSPS) is 23.2. The zero-order valence-electron chi connectivity index (χ0n) is 21.4. The van der Waals surface area contributed by atoms with Crippen LogP contribution >= 0.6 is 0 Å². The summed E-state index contributed by atoms with van der Waals surface area (Å²) in [5.74, 6) is 2.10. The number of amides is 1. The molecule has 1 saturated carbocycles. The molecule has 2 aromatic heterocycles. The SMILES string of the molecule is COc1ccc2c(c1)C1(CC1c1ccc3c(-c4ccc(N5CCN(C)CC5)nc4)n[nH]c3c1)C(=O)N2C. The maximum absolute atomic E-state index is 13.4. The lowest BCUT2D eigenvalue weighted by Gasteiger charge is -2.33. The summed E-state index contributed by atoms with van der Waals surface area (Å²) in [5, 5.41) is 8.92. The molecule has 188 valence electrons. The third-order valence-electron chi connectivity index (χ3n) is 8.53. The van der Waals surface area contributed by atoms with Crippen molar-refractivity contribution in [2.75, 3.05) is 57.2 Å². The average molecular weight is 495 g/mol. The van der Waals surface area contributed by atoms with Gasteiger partial charge in [-0.15, -0.1) is 0 Å². The van der Waals surface area contributed by atoms with Crippen LogP contribution in [0.1, 0.15) is 23.5 Å². The van der Waals surface area contributed by atoms with E-state index in [1.54, 1.807) is 12.0 Å². The van der Waals surface area contributed by atoms with E-state index >= 15 is 0 Å². The van der Waals surface area contributed by atoms with Crippen molar-refractivity contribution in [3.63, 3.8) is 0 Å². The van der Waals surface area contributed by atoms with Gasteiger partial charge in [0, 0.05) is 62.0 Å². The molecule has 1 saturated heterocycles. The van der Waals surface area contributed by atoms with Gasteiger partial charge in [-0.3, -0.25) is 9.89 Å². The molecular formula is C29H30N6O2. The first-order valence-electron chi connectivity index (χ1n) is 12.8. The summed E-state index contributed by atoms with van der Waals surface area (Å²) in [6, 6.07) is 16.6. The van der Waals surface area contributed by atoms with Crippen LogP contribution in [-0.2, 0) is 10.2 Å². The van der Waals surface area contributed by atoms with Crippen LogP contribution in [0.3, 0.4) is 0 Å². The van der Waals surface area contributed by atoms with Crippen LogP contribution in [0.4, 0.5) is 11.5 Å². The van der Waals surface area contributed by atoms with Gasteiger partial charge in [0.1, 0.15) is 17.3 Å². The van der Waals surface area contributed by atoms with Crippen LogP contribution in [0.5, 0.6) is 5.75 Å². The van der Waals surface area contributed by atoms with Gasteiger partial charge >= 0.3 is 0 Å². The number of ether oxygens (including phenoxy) is 1. The van der Waals surface area contributed by atoms with Crippen molar-refractivity contribution in [1.82, 2.24) is 20.1 Å². The Bertz CT molecular complexity index is 1520. The van der Waals surface area contributed by atoms with Crippen molar-refractivity contribution >= 4 is 28.3 Å². The molecule has 1 amide bonds. The number of fused-ring (bicyclic) bond motifs is 3. The Morgan fingerprint density at radius 3 is 2.62 bits per heavy atom. The monoisotopic (exact) mass is 494 g/mol. The van der Waals surface area contributed by atoms with Crippen LogP contribution in [-0.4, -0.2) is 73.4 Å². The molecule has 2 unspecified atom stereocenters. The molecule has 2 aliphatic heterocycles. The van der Waals surface area contributed by atoms with E-state index in [2.05, 4.69) is 57.4 Å². The number of H-pyrrole nitrogens is 1. The maximum Gasteiger partial charge on any atom is 0.238 e. The molecule has 2 atom stereocenters. The number of pyridine rings is 1. The number of methoxy groups -OCH3 is 1. The first kappa shape index (κ1) is 22.3. The second kappa shape index (κ2) is 8.05. The van der Waals surface area contributed by atoms with Gasteiger partial charge in [0.15, 0.2) is 0 Å². The predicted octanol–water partition coefficient (Wildman–Crippen LogP) is 3.79. The molecule has 7 rings (SSSR count). The first-order chi connectivity index (χ1) is 18.0. The zero-order chi connectivity index (χ0) is 25.3. The number of aromatic amines is 1. The maximum atomic E-state index is 13.4. The number of benzene rings is 2. The summed E-state index contributed by atoms with van der Waals surface area (Å²) in [6.07, 6.45) is 2.73. The van der Waals surface area contributed by atoms with Crippen LogP contribution in [0, 0.1) is 0 Å². The highest BCUT2D eigenvalue weighted by Gasteiger charge is 2.66. The molecule has 8 heteroatoms. The number of carbonyl (C=O) groups is 1. The molecule has 1 spiro atoms. The van der Waals surface area contributed by atoms with E-state index in [0.717, 1.165) is 83.1 Å². The summed E-state index contributed by atoms with van der Waals surface area (Å²) in [7, 11) is 5.69. The lowest BCUT2D eigenvalue weighted by Crippen LogP contribution is -2.44. The smallest absolute Gasteiger partial charge is 0.238 e. The minimum absolute atomic E-state index is 0.136. The highest BCUT2D eigenvalue weighted by atomic mass is 16.5. The van der Waals surface area contributed by atoms with E-state index in [4.69, 9.17) is 9.72 Å². The lowest BCUT2D eigenvalue weighted by molar-refractivity contribution is -0.120. The molecule has 37 heavy (non-hydrogen) atoms. The van der Waals surface area contributed by atoms with Crippen molar-refractivity contribution in [3.05, 3.63) is 65.9 Å². The standard InChI is InChI=1S/C29H30N6O2/c1-33-10-12-35(13-11-33)26-9-5-19(17-30-26)27-21-7-4-18(14-24(21)31-32-27)23-16-29(23)22-15-20(37-3)6-8-25(22)34(2)28(29)36/h4-9,14-15,17,23H,10-13,16H2,1-3H3,(H,31,32). The summed E-state index contributed by atoms with van der Waals surface area (Å²) >= 11 is 0. The number of nitrogens with zero attached hydrogens (tertiary/aromatic N) is 5. The van der Waals surface area contributed by atoms with Gasteiger partial charge in [0.05, 0.1) is 18.0 Å². The molecule has 3 aliphatic rings. The van der Waals surface area contributed by atoms with E-state index in [-0.39, 0.29) is 11.8 Å². The number of aromatic nitrogens is 3. The molecule has 2 aromatic carbocycles. The molecule has 1 N–H and O–H groups in total. The molecule has 8 nitrogen and oxygen atoms in total. The topological polar surface area (TPSA) is 77.6 Å². The lowest BCUT2D eigenvalue weighted by atomic mass is 9.91. The van der Waals surface area contributed by atoms with Crippen molar-refractivity contribution in [3.8, 4) is 17.0 Å². The number of nitrogens with one attached hydrogen (secondary N) is 1. The average Bonchev–Trinajstić information content (AvgIpc) is 3.50. The number of hydrogen-bond donors (Lipinski definition) is 1. The molecule has 1 aliphatic carbocycles. The van der Waals surface area contributed by atoms with Gasteiger partial charge in [0.2, 0.25) is 5.91 Å². The van der Waals surface area contributed by atoms with Crippen LogP contribution < -0.4 is 14.5 Å². The second-order valence-electron chi connectivity index (χ2n) is 10.5. The Labute approximate surface area is 215 Å². The van der Waals surface area contributed by atoms with E-state index in [0.29, 0.717) is 0 Å². The summed E-state index contributed by atoms with van der Waals surface area (Å²) in [4.78, 5) is 24.6. The van der Waals surface area contributed by atoms with Crippen molar-refractivity contribution < 1.29 is 9.53 Å². The Hall–Kier alpha value is -3.91. The third-order valence-corrected chi connectivity index (χ3v) is 8.53. The fourth-order valence-corrected chi connectivity index (χ4v) is 6.24. The quantitative estimate of drug-likeness (QED) is 0.465. The molecule has 4 aromatic rings. The van der Waals surface area contributed by atoms with E-state index in [9.17, 15) is 4.79 Å². The van der Waals surface area contributed by atoms with Gasteiger partial charge in [0.25, 0.3) is 0 Å². The predicted molar refractivity (Wildman–Crippen MR) is 144 cm³/mol. The molecule has 4 heterocycles. The van der Waals surface area contributed by atoms with Crippen molar-refractivity contribution in [2.45, 2.75) is 17.8 Å². The largest absolute Gasteiger partial charge is 0.497 e. The summed E-state index contributed by atoms with van der Waals surface area (Å²) in [6.45, 7) is 4.10. The van der Waals surface area contributed by atoms with Gasteiger partial charge in [-0.05, 0) is 61.0 Å². The minimum Gasteiger partial charge on any atom is -0.497 e. The molecule has 2 fully saturated rings. The summed E-state index contributed by atoms with van der Waals surface area (Å²) < 4.78 is 5.47. The molecule has 0 radical (unpaired) electrons. The minimum atomic E-state index is -0.502. The number of rotatable bonds is 4. The fraction of sp³-hybridized carbons (Fsp3) is 0.345. The Morgan fingerprint density at radius 2 is 1.86 bits per heavy atom. The van der Waals surface area contributed by atoms with Crippen molar-refractivity contribution in [2.24, 2.45) is 0 Å². The Morgan fingerprint density at radius 1 is 1.03 bits per heavy atom. The van der Waals surface area contributed by atoms with E-state index < -0.39 is 5.41 Å². The third kappa shape index (κ3) is 3.28. The second-order valence-corrected chi connectivity index (χ2v) is 10.5. The van der Waals surface area contributed by atoms with Gasteiger partial charge < -0.3 is 19.4 Å². The van der Waals surface area contributed by atoms with Crippen molar-refractivity contribution in [1.29, 1.82) is 0 Å². The number of piperazine rings is 1. The highest BCUT2D eigenvalue weighted by molar-refractivity contribution is 6.11. The van der Waals surface area contributed by atoms with Crippen LogP contribution in [0.15, 0.2) is 54.7 Å². The highest BCUT2D eigenvalue weighted by Crippen LogP contribution is 2.66. The van der Waals surface area contributed by atoms with Gasteiger partial charge in [-0.2, -0.15) is 5.10 Å². The fourth-order valence-electron chi connectivity index (χ4n) is 6.24. The van der Waals surface area contributed by atoms with E-state index in [1.807, 2.05) is 31.4 Å².